The summed E-state index contributed by atoms with van der Waals surface area (Å²) in [4.78, 5) is 33.7. The first-order valence-electron chi connectivity index (χ1n) is 13.6. The van der Waals surface area contributed by atoms with Crippen LogP contribution in [-0.4, -0.2) is 59.1 Å². The lowest BCUT2D eigenvalue weighted by atomic mass is 9.98. The molecule has 0 radical (unpaired) electrons. The van der Waals surface area contributed by atoms with Gasteiger partial charge < -0.3 is 19.6 Å². The normalized spacial score (nSPS) is 19.7. The zero-order valence-electron chi connectivity index (χ0n) is 22.5. The topological polar surface area (TPSA) is 140 Å². The summed E-state index contributed by atoms with van der Waals surface area (Å²) in [6, 6.07) is 9.54. The maximum Gasteiger partial charge on any atom is 0.271 e. The molecule has 4 heterocycles. The lowest BCUT2D eigenvalue weighted by molar-refractivity contribution is -0.139. The third-order valence-electron chi connectivity index (χ3n) is 7.29. The highest BCUT2D eigenvalue weighted by Gasteiger charge is 2.33. The number of anilines is 1. The van der Waals surface area contributed by atoms with E-state index in [0.717, 1.165) is 25.7 Å². The average molecular weight is 549 g/mol. The molecule has 1 saturated carbocycles. The minimum absolute atomic E-state index is 0.132. The van der Waals surface area contributed by atoms with Crippen molar-refractivity contribution in [3.8, 4) is 5.75 Å². The molecule has 2 fully saturated rings. The standard InChI is InChI=1S/C27H32N8O5/c1-27(2)38-17-20(39-27)16-33-12-11-24(31-33)29-26(37)23(13-18-7-3-4-8-18)34-25(36)14-19(15-28-34)40-35-22-10-6-5-9-21(22)30-32-35/h5-6,9-12,14-15,18,20,23H,3-4,7-8,13,16-17H2,1-2H3,(H,29,31,37). The number of benzene rings is 1. The number of ether oxygens (including phenoxy) is 2. The largest absolute Gasteiger partial charge is 0.354 e. The van der Waals surface area contributed by atoms with Gasteiger partial charge in [-0.25, -0.2) is 4.68 Å². The highest BCUT2D eigenvalue weighted by atomic mass is 16.7. The summed E-state index contributed by atoms with van der Waals surface area (Å²) in [6.07, 6.45) is 7.85. The lowest BCUT2D eigenvalue weighted by Crippen LogP contribution is -2.36. The maximum atomic E-state index is 13.5. The number of carbonyl (C=O) groups excluding carboxylic acids is 1. The summed E-state index contributed by atoms with van der Waals surface area (Å²) in [5.74, 6) is -0.0408. The summed E-state index contributed by atoms with van der Waals surface area (Å²) < 4.78 is 14.4. The van der Waals surface area contributed by atoms with Crippen LogP contribution in [0.3, 0.4) is 0 Å². The van der Waals surface area contributed by atoms with Crippen LogP contribution >= 0.6 is 0 Å². The molecule has 2 aliphatic rings. The van der Waals surface area contributed by atoms with Gasteiger partial charge >= 0.3 is 0 Å². The highest BCUT2D eigenvalue weighted by Crippen LogP contribution is 2.32. The fourth-order valence-electron chi connectivity index (χ4n) is 5.38. The van der Waals surface area contributed by atoms with Gasteiger partial charge in [0.05, 0.1) is 25.4 Å². The summed E-state index contributed by atoms with van der Waals surface area (Å²) in [5, 5.41) is 19.7. The van der Waals surface area contributed by atoms with Gasteiger partial charge in [0.1, 0.15) is 23.2 Å². The smallest absolute Gasteiger partial charge is 0.271 e. The molecule has 40 heavy (non-hydrogen) atoms. The van der Waals surface area contributed by atoms with Crippen molar-refractivity contribution >= 4 is 22.8 Å². The first kappa shape index (κ1) is 26.1. The van der Waals surface area contributed by atoms with Gasteiger partial charge in [-0.05, 0) is 43.5 Å². The Bertz CT molecular complexity index is 1550. The van der Waals surface area contributed by atoms with E-state index in [1.165, 1.54) is 21.8 Å². The first-order chi connectivity index (χ1) is 19.3. The van der Waals surface area contributed by atoms with Gasteiger partial charge in [0, 0.05) is 12.3 Å². The Kier molecular flexibility index (Phi) is 7.07. The molecule has 1 amide bonds. The average Bonchev–Trinajstić information content (AvgIpc) is 3.73. The number of aromatic nitrogens is 7. The fraction of sp³-hybridized carbons (Fsp3) is 0.481. The second-order valence-corrected chi connectivity index (χ2v) is 10.8. The number of carbonyl (C=O) groups is 1. The van der Waals surface area contributed by atoms with Crippen LogP contribution in [0.1, 0.15) is 52.0 Å². The van der Waals surface area contributed by atoms with E-state index in [4.69, 9.17) is 14.3 Å². The molecule has 6 rings (SSSR count). The number of hydrogen-bond acceptors (Lipinski definition) is 9. The minimum atomic E-state index is -0.797. The van der Waals surface area contributed by atoms with Crippen molar-refractivity contribution in [1.82, 2.24) is 34.7 Å². The van der Waals surface area contributed by atoms with Gasteiger partial charge in [-0.1, -0.05) is 42.7 Å². The predicted octanol–water partition coefficient (Wildman–Crippen LogP) is 2.94. The molecule has 2 atom stereocenters. The van der Waals surface area contributed by atoms with E-state index in [1.54, 1.807) is 16.9 Å². The zero-order valence-corrected chi connectivity index (χ0v) is 22.5. The van der Waals surface area contributed by atoms with Crippen molar-refractivity contribution in [3.63, 3.8) is 0 Å². The van der Waals surface area contributed by atoms with Crippen molar-refractivity contribution in [2.24, 2.45) is 5.92 Å². The third kappa shape index (κ3) is 5.75. The Hall–Kier alpha value is -4.10. The molecule has 0 bridgehead atoms. The molecule has 4 aromatic rings. The van der Waals surface area contributed by atoms with Gasteiger partial charge in [0.2, 0.25) is 0 Å². The molecule has 13 heteroatoms. The lowest BCUT2D eigenvalue weighted by Gasteiger charge is -2.21. The Morgan fingerprint density at radius 2 is 2.05 bits per heavy atom. The van der Waals surface area contributed by atoms with Crippen LogP contribution in [0, 0.1) is 5.92 Å². The summed E-state index contributed by atoms with van der Waals surface area (Å²) in [5.41, 5.74) is 0.861. The number of fused-ring (bicyclic) bond motifs is 1. The summed E-state index contributed by atoms with van der Waals surface area (Å²) in [7, 11) is 0. The molecule has 13 nitrogen and oxygen atoms in total. The van der Waals surface area contributed by atoms with Crippen molar-refractivity contribution < 1.29 is 19.1 Å². The number of hydrogen-bond donors (Lipinski definition) is 1. The minimum Gasteiger partial charge on any atom is -0.354 e. The van der Waals surface area contributed by atoms with Gasteiger partial charge in [0.15, 0.2) is 17.4 Å². The Morgan fingerprint density at radius 1 is 1.23 bits per heavy atom. The molecule has 210 valence electrons. The highest BCUT2D eigenvalue weighted by molar-refractivity contribution is 5.92. The first-order valence-corrected chi connectivity index (χ1v) is 13.6. The van der Waals surface area contributed by atoms with Crippen LogP contribution in [0.5, 0.6) is 5.75 Å². The molecule has 1 N–H and O–H groups in total. The van der Waals surface area contributed by atoms with Gasteiger partial charge in [-0.3, -0.25) is 14.3 Å². The van der Waals surface area contributed by atoms with Crippen molar-refractivity contribution in [1.29, 1.82) is 0 Å². The number of nitrogens with one attached hydrogen (secondary N) is 1. The van der Waals surface area contributed by atoms with Crippen molar-refractivity contribution in [2.75, 3.05) is 11.9 Å². The quantitative estimate of drug-likeness (QED) is 0.334. The molecular formula is C27H32N8O5. The van der Waals surface area contributed by atoms with Crippen molar-refractivity contribution in [3.05, 3.63) is 59.1 Å². The maximum absolute atomic E-state index is 13.5. The number of nitrogens with zero attached hydrogens (tertiary/aromatic N) is 7. The molecule has 1 aliphatic carbocycles. The van der Waals surface area contributed by atoms with Crippen LogP contribution in [0.4, 0.5) is 5.82 Å². The molecular weight excluding hydrogens is 516 g/mol. The van der Waals surface area contributed by atoms with E-state index in [9.17, 15) is 9.59 Å². The van der Waals surface area contributed by atoms with Gasteiger partial charge in [-0.15, -0.1) is 5.10 Å². The Morgan fingerprint density at radius 3 is 2.83 bits per heavy atom. The van der Waals surface area contributed by atoms with Crippen LogP contribution in [0.15, 0.2) is 53.6 Å². The van der Waals surface area contributed by atoms with Gasteiger partial charge in [-0.2, -0.15) is 10.2 Å². The number of para-hydroxylation sites is 1. The van der Waals surface area contributed by atoms with E-state index in [1.807, 2.05) is 38.1 Å². The van der Waals surface area contributed by atoms with Gasteiger partial charge in [0.25, 0.3) is 11.5 Å². The SMILES string of the molecule is CC1(C)OCC(Cn2ccc(NC(=O)C(CC3CCCC3)n3ncc(On4nnc5ccccc54)cc3=O)n2)O1. The molecule has 2 unspecified atom stereocenters. The van der Waals surface area contributed by atoms with E-state index in [0.29, 0.717) is 42.3 Å². The van der Waals surface area contributed by atoms with Crippen LogP contribution in [0.2, 0.25) is 0 Å². The third-order valence-corrected chi connectivity index (χ3v) is 7.29. The molecule has 1 saturated heterocycles. The van der Waals surface area contributed by atoms with E-state index < -0.39 is 17.4 Å². The Balaban J connectivity index is 1.18. The predicted molar refractivity (Wildman–Crippen MR) is 143 cm³/mol. The van der Waals surface area contributed by atoms with Crippen LogP contribution in [0.25, 0.3) is 11.0 Å². The fourth-order valence-corrected chi connectivity index (χ4v) is 5.38. The van der Waals surface area contributed by atoms with E-state index in [2.05, 4.69) is 25.8 Å². The van der Waals surface area contributed by atoms with E-state index in [-0.39, 0.29) is 17.8 Å². The second kappa shape index (κ2) is 10.8. The number of amides is 1. The molecule has 1 aliphatic heterocycles. The summed E-state index contributed by atoms with van der Waals surface area (Å²) >= 11 is 0. The Labute approximate surface area is 230 Å². The molecule has 3 aromatic heterocycles. The van der Waals surface area contributed by atoms with E-state index >= 15 is 0 Å². The van der Waals surface area contributed by atoms with Crippen LogP contribution in [-0.2, 0) is 20.8 Å². The van der Waals surface area contributed by atoms with Crippen LogP contribution < -0.4 is 15.7 Å². The number of rotatable bonds is 9. The molecule has 0 spiro atoms. The zero-order chi connectivity index (χ0) is 27.7. The second-order valence-electron chi connectivity index (χ2n) is 10.8. The molecule has 1 aromatic carbocycles. The van der Waals surface area contributed by atoms with Crippen molar-refractivity contribution in [2.45, 2.75) is 70.4 Å². The summed E-state index contributed by atoms with van der Waals surface area (Å²) in [6.45, 7) is 4.71. The monoisotopic (exact) mass is 548 g/mol.